The van der Waals surface area contributed by atoms with E-state index in [-0.39, 0.29) is 5.92 Å². The second-order valence-electron chi connectivity index (χ2n) is 10.4. The van der Waals surface area contributed by atoms with E-state index in [1.165, 1.54) is 31.5 Å². The van der Waals surface area contributed by atoms with Gasteiger partial charge in [-0.05, 0) is 69.9 Å². The summed E-state index contributed by atoms with van der Waals surface area (Å²) in [5.74, 6) is 2.48. The molecule has 1 aromatic carbocycles. The summed E-state index contributed by atoms with van der Waals surface area (Å²) in [5, 5.41) is 0. The van der Waals surface area contributed by atoms with E-state index in [4.69, 9.17) is 4.74 Å². The molecule has 0 unspecified atom stereocenters. The van der Waals surface area contributed by atoms with Gasteiger partial charge in [-0.3, -0.25) is 9.69 Å². The summed E-state index contributed by atoms with van der Waals surface area (Å²) in [4.78, 5) is 31.7. The number of carbonyl (C=O) groups is 1. The average molecular weight is 493 g/mol. The van der Waals surface area contributed by atoms with Crippen molar-refractivity contribution < 1.29 is 9.53 Å². The summed E-state index contributed by atoms with van der Waals surface area (Å²) < 4.78 is 6.10. The number of anilines is 1. The van der Waals surface area contributed by atoms with Crippen molar-refractivity contribution in [1.82, 2.24) is 24.7 Å². The van der Waals surface area contributed by atoms with Crippen LogP contribution >= 0.6 is 0 Å². The number of piperidine rings is 2. The van der Waals surface area contributed by atoms with E-state index in [2.05, 4.69) is 55.7 Å². The van der Waals surface area contributed by atoms with Crippen molar-refractivity contribution in [3.63, 3.8) is 0 Å². The number of aromatic nitrogens is 2. The highest BCUT2D eigenvalue weighted by molar-refractivity contribution is 5.79. The molecule has 5 rings (SSSR count). The minimum absolute atomic E-state index is 0.0961. The molecule has 3 aliphatic rings. The molecule has 1 aromatic heterocycles. The van der Waals surface area contributed by atoms with Crippen LogP contribution in [-0.4, -0.2) is 96.0 Å². The molecule has 3 aliphatic heterocycles. The molecule has 0 N–H and O–H groups in total. The molecule has 8 heteroatoms. The van der Waals surface area contributed by atoms with Crippen LogP contribution in [0, 0.1) is 5.92 Å². The van der Waals surface area contributed by atoms with Crippen LogP contribution < -0.4 is 9.64 Å². The molecule has 3 fully saturated rings. The first kappa shape index (κ1) is 25.0. The number of carbonyl (C=O) groups excluding carboxylic acids is 1. The second-order valence-corrected chi connectivity index (χ2v) is 10.4. The number of piperazine rings is 1. The number of nitrogens with zero attached hydrogens (tertiary/aromatic N) is 6. The lowest BCUT2D eigenvalue weighted by molar-refractivity contribution is -0.138. The van der Waals surface area contributed by atoms with Gasteiger partial charge in [-0.2, -0.15) is 0 Å². The summed E-state index contributed by atoms with van der Waals surface area (Å²) in [7, 11) is 2.21. The Morgan fingerprint density at radius 1 is 0.889 bits per heavy atom. The highest BCUT2D eigenvalue weighted by Crippen LogP contribution is 2.32. The van der Waals surface area contributed by atoms with Crippen LogP contribution in [-0.2, 0) is 11.2 Å². The van der Waals surface area contributed by atoms with Crippen LogP contribution in [0.3, 0.4) is 0 Å². The predicted molar refractivity (Wildman–Crippen MR) is 142 cm³/mol. The van der Waals surface area contributed by atoms with E-state index in [1.54, 1.807) is 12.4 Å². The number of benzene rings is 1. The third-order valence-corrected chi connectivity index (χ3v) is 8.17. The quantitative estimate of drug-likeness (QED) is 0.613. The molecule has 1 amide bonds. The lowest BCUT2D eigenvalue weighted by Crippen LogP contribution is -2.55. The molecule has 0 spiro atoms. The number of amides is 1. The van der Waals surface area contributed by atoms with Gasteiger partial charge in [-0.25, -0.2) is 9.97 Å². The van der Waals surface area contributed by atoms with Crippen LogP contribution in [0.25, 0.3) is 0 Å². The number of likely N-dealkylation sites (tertiary alicyclic amines) is 1. The SMILES string of the molecule is CCc1ccc(Oc2nccnc2N2CCC(C(=O)N3CCN(C4CCN(C)CC4)CC3)CC2)cc1. The zero-order valence-corrected chi connectivity index (χ0v) is 21.8. The Balaban J connectivity index is 1.13. The standard InChI is InChI=1S/C28H40N6O2/c1-3-22-4-6-25(7-5-22)36-27-26(29-12-13-30-27)33-16-8-23(9-17-33)28(35)34-20-18-32(19-21-34)24-10-14-31(2)15-11-24/h4-7,12-13,23-24H,3,8-11,14-21H2,1-2H3. The molecule has 4 heterocycles. The fourth-order valence-corrected chi connectivity index (χ4v) is 5.78. The topological polar surface area (TPSA) is 65.0 Å². The molecule has 0 aliphatic carbocycles. The number of ether oxygens (including phenoxy) is 1. The van der Waals surface area contributed by atoms with Crippen LogP contribution in [0.2, 0.25) is 0 Å². The number of hydrogen-bond donors (Lipinski definition) is 0. The summed E-state index contributed by atoms with van der Waals surface area (Å²) in [6.45, 7) is 9.84. The Morgan fingerprint density at radius 2 is 1.56 bits per heavy atom. The molecular formula is C28H40N6O2. The lowest BCUT2D eigenvalue weighted by Gasteiger charge is -2.43. The summed E-state index contributed by atoms with van der Waals surface area (Å²) in [5.41, 5.74) is 1.27. The smallest absolute Gasteiger partial charge is 0.263 e. The molecule has 0 bridgehead atoms. The van der Waals surface area contributed by atoms with Gasteiger partial charge in [0.05, 0.1) is 0 Å². The Labute approximate surface area is 215 Å². The number of hydrogen-bond acceptors (Lipinski definition) is 7. The van der Waals surface area contributed by atoms with Crippen molar-refractivity contribution in [2.75, 3.05) is 64.3 Å². The molecule has 194 valence electrons. The maximum Gasteiger partial charge on any atom is 0.263 e. The highest BCUT2D eigenvalue weighted by atomic mass is 16.5. The van der Waals surface area contributed by atoms with Crippen LogP contribution in [0.1, 0.15) is 38.2 Å². The summed E-state index contributed by atoms with van der Waals surface area (Å²) in [6.07, 6.45) is 8.56. The summed E-state index contributed by atoms with van der Waals surface area (Å²) >= 11 is 0. The van der Waals surface area contributed by atoms with Crippen molar-refractivity contribution in [2.45, 2.75) is 45.1 Å². The Hall–Kier alpha value is -2.71. The van der Waals surface area contributed by atoms with Gasteiger partial charge in [0.1, 0.15) is 5.75 Å². The average Bonchev–Trinajstić information content (AvgIpc) is 2.94. The first-order valence-corrected chi connectivity index (χ1v) is 13.6. The normalized spacial score (nSPS) is 21.1. The largest absolute Gasteiger partial charge is 0.436 e. The van der Waals surface area contributed by atoms with Crippen LogP contribution in [0.5, 0.6) is 11.6 Å². The number of aryl methyl sites for hydroxylation is 1. The maximum absolute atomic E-state index is 13.3. The van der Waals surface area contributed by atoms with Crippen LogP contribution in [0.15, 0.2) is 36.7 Å². The molecule has 3 saturated heterocycles. The van der Waals surface area contributed by atoms with Crippen molar-refractivity contribution >= 4 is 11.7 Å². The van der Waals surface area contributed by atoms with Gasteiger partial charge in [-0.15, -0.1) is 0 Å². The van der Waals surface area contributed by atoms with Crippen molar-refractivity contribution in [3.05, 3.63) is 42.2 Å². The minimum atomic E-state index is 0.0961. The van der Waals surface area contributed by atoms with Gasteiger partial charge < -0.3 is 19.4 Å². The first-order chi connectivity index (χ1) is 17.6. The van der Waals surface area contributed by atoms with E-state index >= 15 is 0 Å². The van der Waals surface area contributed by atoms with E-state index in [0.717, 1.165) is 70.1 Å². The van der Waals surface area contributed by atoms with Crippen molar-refractivity contribution in [3.8, 4) is 11.6 Å². The molecule has 36 heavy (non-hydrogen) atoms. The van der Waals surface area contributed by atoms with Crippen molar-refractivity contribution in [1.29, 1.82) is 0 Å². The zero-order chi connectivity index (χ0) is 24.9. The van der Waals surface area contributed by atoms with Gasteiger partial charge in [0.2, 0.25) is 5.91 Å². The van der Waals surface area contributed by atoms with Gasteiger partial charge in [-0.1, -0.05) is 19.1 Å². The van der Waals surface area contributed by atoms with E-state index in [1.807, 2.05) is 12.1 Å². The molecule has 2 aromatic rings. The maximum atomic E-state index is 13.3. The first-order valence-electron chi connectivity index (χ1n) is 13.6. The molecule has 0 atom stereocenters. The van der Waals surface area contributed by atoms with Gasteiger partial charge in [0, 0.05) is 63.6 Å². The van der Waals surface area contributed by atoms with E-state index < -0.39 is 0 Å². The fourth-order valence-electron chi connectivity index (χ4n) is 5.78. The number of rotatable bonds is 6. The zero-order valence-electron chi connectivity index (χ0n) is 21.8. The third kappa shape index (κ3) is 5.81. The Kier molecular flexibility index (Phi) is 8.02. The highest BCUT2D eigenvalue weighted by Gasteiger charge is 2.33. The predicted octanol–water partition coefficient (Wildman–Crippen LogP) is 3.29. The van der Waals surface area contributed by atoms with Gasteiger partial charge in [0.15, 0.2) is 5.82 Å². The Morgan fingerprint density at radius 3 is 2.22 bits per heavy atom. The van der Waals surface area contributed by atoms with Crippen molar-refractivity contribution in [2.24, 2.45) is 5.92 Å². The van der Waals surface area contributed by atoms with Gasteiger partial charge in [0.25, 0.3) is 5.88 Å². The summed E-state index contributed by atoms with van der Waals surface area (Å²) in [6, 6.07) is 8.81. The molecule has 0 saturated carbocycles. The lowest BCUT2D eigenvalue weighted by atomic mass is 9.94. The monoisotopic (exact) mass is 492 g/mol. The third-order valence-electron chi connectivity index (χ3n) is 8.17. The van der Waals surface area contributed by atoms with Crippen LogP contribution in [0.4, 0.5) is 5.82 Å². The van der Waals surface area contributed by atoms with Gasteiger partial charge >= 0.3 is 0 Å². The molecule has 0 radical (unpaired) electrons. The van der Waals surface area contributed by atoms with E-state index in [9.17, 15) is 4.79 Å². The minimum Gasteiger partial charge on any atom is -0.436 e. The molecule has 8 nitrogen and oxygen atoms in total. The second kappa shape index (κ2) is 11.6. The van der Waals surface area contributed by atoms with E-state index in [0.29, 0.717) is 17.8 Å². The Bertz CT molecular complexity index is 991. The fraction of sp³-hybridized carbons (Fsp3) is 0.607. The molecular weight excluding hydrogens is 452 g/mol.